The van der Waals surface area contributed by atoms with Gasteiger partial charge in [0.1, 0.15) is 5.76 Å². The molecule has 4 heterocycles. The van der Waals surface area contributed by atoms with E-state index in [1.54, 1.807) is 7.11 Å². The average Bonchev–Trinajstić information content (AvgIpc) is 3.41. The van der Waals surface area contributed by atoms with Crippen LogP contribution in [0.3, 0.4) is 0 Å². The molecule has 4 aliphatic heterocycles. The third-order valence-electron chi connectivity index (χ3n) is 9.11. The number of carbonyl (C=O) groups is 2. The molecule has 0 N–H and O–H groups in total. The summed E-state index contributed by atoms with van der Waals surface area (Å²) in [5, 5.41) is 0. The Balaban J connectivity index is 1.25. The van der Waals surface area contributed by atoms with Gasteiger partial charge in [0.2, 0.25) is 12.4 Å². The second kappa shape index (κ2) is 13.3. The monoisotopic (exact) mass is 617 g/mol. The molecule has 1 saturated heterocycles. The largest absolute Gasteiger partial charge is 0.497 e. The molecule has 0 saturated carbocycles. The van der Waals surface area contributed by atoms with Gasteiger partial charge in [-0.25, -0.2) is 4.79 Å². The van der Waals surface area contributed by atoms with E-state index in [-0.39, 0.29) is 25.6 Å². The lowest BCUT2D eigenvalue weighted by atomic mass is 9.86. The zero-order chi connectivity index (χ0) is 31.4. The van der Waals surface area contributed by atoms with Crippen molar-refractivity contribution >= 4 is 11.9 Å². The number of nitrogens with zero attached hydrogens (tertiary/aromatic N) is 1. The molecule has 9 nitrogen and oxygen atoms in total. The quantitative estimate of drug-likeness (QED) is 0.263. The Kier molecular flexibility index (Phi) is 9.19. The zero-order valence-corrected chi connectivity index (χ0v) is 26.4. The van der Waals surface area contributed by atoms with Gasteiger partial charge in [0.15, 0.2) is 17.6 Å². The fourth-order valence-corrected chi connectivity index (χ4v) is 6.55. The van der Waals surface area contributed by atoms with Crippen LogP contribution in [-0.4, -0.2) is 67.7 Å². The van der Waals surface area contributed by atoms with Gasteiger partial charge in [-0.3, -0.25) is 4.79 Å². The van der Waals surface area contributed by atoms with Crippen LogP contribution in [0.25, 0.3) is 0 Å². The maximum atomic E-state index is 14.1. The number of rotatable bonds is 9. The van der Waals surface area contributed by atoms with Crippen molar-refractivity contribution in [3.63, 3.8) is 0 Å². The molecule has 2 aromatic rings. The minimum Gasteiger partial charge on any atom is -0.497 e. The molecule has 9 heteroatoms. The fraction of sp³-hybridized carbons (Fsp3) is 0.500. The van der Waals surface area contributed by atoms with Crippen LogP contribution in [0.15, 0.2) is 66.5 Å². The van der Waals surface area contributed by atoms with E-state index in [4.69, 9.17) is 28.4 Å². The lowest BCUT2D eigenvalue weighted by Crippen LogP contribution is -2.55. The summed E-state index contributed by atoms with van der Waals surface area (Å²) in [6.45, 7) is 7.10. The van der Waals surface area contributed by atoms with Crippen LogP contribution in [0.4, 0.5) is 0 Å². The molecule has 0 spiro atoms. The molecular weight excluding hydrogens is 574 g/mol. The van der Waals surface area contributed by atoms with Crippen LogP contribution in [0, 0.1) is 0 Å². The maximum Gasteiger partial charge on any atom is 0.352 e. The molecule has 1 fully saturated rings. The Hall–Kier alpha value is -3.82. The summed E-state index contributed by atoms with van der Waals surface area (Å²) in [6.07, 6.45) is 8.95. The van der Waals surface area contributed by atoms with Gasteiger partial charge in [0.05, 0.1) is 25.7 Å². The van der Waals surface area contributed by atoms with E-state index < -0.39 is 29.2 Å². The van der Waals surface area contributed by atoms with Gasteiger partial charge in [0, 0.05) is 25.4 Å². The normalized spacial score (nSPS) is 27.3. The summed E-state index contributed by atoms with van der Waals surface area (Å²) in [4.78, 5) is 28.7. The summed E-state index contributed by atoms with van der Waals surface area (Å²) in [5.41, 5.74) is 1.27. The number of fused-ring (bicyclic) bond motifs is 5. The van der Waals surface area contributed by atoms with Crippen LogP contribution in [0.2, 0.25) is 0 Å². The number of hydrogen-bond acceptors (Lipinski definition) is 9. The van der Waals surface area contributed by atoms with Crippen LogP contribution >= 0.6 is 0 Å². The standard InChI is InChI=1S/C36H43NO8/c1-35(2,43-23-25-11-6-4-7-12-25)15-10-16-36(21-32(38)45-36)34(39)44-33-28-22-37(17-9-5-8-13-29(33)40-3)18-14-26-19-30-31(20-27(26)28)42-24-41-30/h4,6-7,10-13,15,19-20,28,33H,5,8-9,14,16-18,21-24H2,1-3H3/b15-10+,29-13+/t28-,33+,36-/m1/s1. The number of hydrogen-bond donors (Lipinski definition) is 0. The highest BCUT2D eigenvalue weighted by atomic mass is 16.7. The highest BCUT2D eigenvalue weighted by Crippen LogP contribution is 2.43. The molecule has 0 radical (unpaired) electrons. The van der Waals surface area contributed by atoms with Crippen LogP contribution in [-0.2, 0) is 41.6 Å². The van der Waals surface area contributed by atoms with Gasteiger partial charge in [0.25, 0.3) is 0 Å². The molecule has 45 heavy (non-hydrogen) atoms. The Morgan fingerprint density at radius 3 is 2.64 bits per heavy atom. The maximum absolute atomic E-state index is 14.1. The molecule has 6 rings (SSSR count). The Bertz CT molecular complexity index is 1440. The van der Waals surface area contributed by atoms with Crippen LogP contribution < -0.4 is 9.47 Å². The molecule has 0 amide bonds. The second-order valence-corrected chi connectivity index (χ2v) is 12.8. The van der Waals surface area contributed by atoms with Gasteiger partial charge in [-0.05, 0) is 81.0 Å². The average molecular weight is 618 g/mol. The molecular formula is C36H43NO8. The first kappa shape index (κ1) is 31.2. The Morgan fingerprint density at radius 1 is 1.11 bits per heavy atom. The summed E-state index contributed by atoms with van der Waals surface area (Å²) in [5.74, 6) is 0.819. The molecule has 0 aliphatic carbocycles. The van der Waals surface area contributed by atoms with Gasteiger partial charge in [-0.15, -0.1) is 0 Å². The first-order valence-corrected chi connectivity index (χ1v) is 15.9. The number of esters is 2. The highest BCUT2D eigenvalue weighted by molar-refractivity contribution is 5.94. The van der Waals surface area contributed by atoms with E-state index in [1.807, 2.05) is 68.5 Å². The van der Waals surface area contributed by atoms with E-state index in [0.29, 0.717) is 24.7 Å². The van der Waals surface area contributed by atoms with Gasteiger partial charge in [-0.2, -0.15) is 0 Å². The lowest BCUT2D eigenvalue weighted by molar-refractivity contribution is -0.210. The van der Waals surface area contributed by atoms with E-state index in [0.717, 1.165) is 61.2 Å². The first-order chi connectivity index (χ1) is 21.7. The van der Waals surface area contributed by atoms with E-state index >= 15 is 0 Å². The van der Waals surface area contributed by atoms with Crippen molar-refractivity contribution in [2.45, 2.75) is 82.2 Å². The first-order valence-electron chi connectivity index (χ1n) is 15.9. The van der Waals surface area contributed by atoms with E-state index in [1.165, 1.54) is 0 Å². The third kappa shape index (κ3) is 7.05. The number of allylic oxidation sites excluding steroid dienone is 1. The highest BCUT2D eigenvalue weighted by Gasteiger charge is 2.54. The number of methoxy groups -OCH3 is 1. The molecule has 0 aromatic heterocycles. The predicted octanol–water partition coefficient (Wildman–Crippen LogP) is 5.61. The summed E-state index contributed by atoms with van der Waals surface area (Å²) < 4.78 is 35.5. The molecule has 2 aromatic carbocycles. The molecule has 4 atom stereocenters. The molecule has 240 valence electrons. The van der Waals surface area contributed by atoms with E-state index in [9.17, 15) is 9.59 Å². The second-order valence-electron chi connectivity index (χ2n) is 12.8. The van der Waals surface area contributed by atoms with Gasteiger partial charge >= 0.3 is 11.9 Å². The third-order valence-corrected chi connectivity index (χ3v) is 9.11. The van der Waals surface area contributed by atoms with Crippen molar-refractivity contribution in [1.82, 2.24) is 4.90 Å². The summed E-state index contributed by atoms with van der Waals surface area (Å²) >= 11 is 0. The Morgan fingerprint density at radius 2 is 1.89 bits per heavy atom. The number of benzene rings is 2. The van der Waals surface area contributed by atoms with Crippen molar-refractivity contribution in [2.24, 2.45) is 0 Å². The van der Waals surface area contributed by atoms with Crippen molar-refractivity contribution in [3.05, 3.63) is 83.1 Å². The summed E-state index contributed by atoms with van der Waals surface area (Å²) in [6, 6.07) is 14.0. The van der Waals surface area contributed by atoms with Crippen LogP contribution in [0.1, 0.15) is 68.6 Å². The van der Waals surface area contributed by atoms with Gasteiger partial charge < -0.3 is 33.3 Å². The SMILES string of the molecule is CO/C1=C/CCCC[N@]2CCc3cc4c(cc3[C@@H](C2)[C@@H]1OC(=O)[C@@]1(C/C=C/C(C)(C)OCc2ccccc2)CC(=O)O1)OCO4. The lowest BCUT2D eigenvalue weighted by Gasteiger charge is -2.40. The molecule has 2 bridgehead atoms. The molecule has 4 aliphatic rings. The number of carbonyl (C=O) groups excluding carboxylic acids is 2. The fourth-order valence-electron chi connectivity index (χ4n) is 6.55. The van der Waals surface area contributed by atoms with Crippen molar-refractivity contribution in [1.29, 1.82) is 0 Å². The molecule has 0 unspecified atom stereocenters. The smallest absolute Gasteiger partial charge is 0.352 e. The van der Waals surface area contributed by atoms with E-state index in [2.05, 4.69) is 11.0 Å². The van der Waals surface area contributed by atoms with Crippen molar-refractivity contribution in [3.8, 4) is 11.5 Å². The number of cyclic esters (lactones) is 1. The summed E-state index contributed by atoms with van der Waals surface area (Å²) in [7, 11) is 1.62. The Labute approximate surface area is 265 Å². The predicted molar refractivity (Wildman–Crippen MR) is 167 cm³/mol. The zero-order valence-electron chi connectivity index (χ0n) is 26.4. The van der Waals surface area contributed by atoms with Crippen molar-refractivity contribution < 1.29 is 38.0 Å². The topological polar surface area (TPSA) is 92.8 Å². The minimum absolute atomic E-state index is 0.0493. The van der Waals surface area contributed by atoms with Crippen LogP contribution in [0.5, 0.6) is 11.5 Å². The van der Waals surface area contributed by atoms with Gasteiger partial charge in [-0.1, -0.05) is 42.5 Å². The van der Waals surface area contributed by atoms with Crippen molar-refractivity contribution in [2.75, 3.05) is 33.5 Å². The number of ether oxygens (including phenoxy) is 6. The minimum atomic E-state index is -1.40.